The summed E-state index contributed by atoms with van der Waals surface area (Å²) in [5, 5.41) is 3.95. The molecule has 2 N–H and O–H groups in total. The van der Waals surface area contributed by atoms with Crippen LogP contribution in [0.3, 0.4) is 0 Å². The molecule has 3 heterocycles. The predicted octanol–water partition coefficient (Wildman–Crippen LogP) is 0.605. The van der Waals surface area contributed by atoms with Gasteiger partial charge in [0.2, 0.25) is 5.89 Å². The molecule has 0 amide bonds. The van der Waals surface area contributed by atoms with Gasteiger partial charge in [-0.25, -0.2) is 0 Å². The highest BCUT2D eigenvalue weighted by molar-refractivity contribution is 4.87. The molecule has 22 heavy (non-hydrogen) atoms. The number of hydrogen-bond donors (Lipinski definition) is 1. The van der Waals surface area contributed by atoms with E-state index in [9.17, 15) is 0 Å². The Bertz CT molecular complexity index is 439. The van der Waals surface area contributed by atoms with Crippen molar-refractivity contribution in [2.75, 3.05) is 39.3 Å². The van der Waals surface area contributed by atoms with Gasteiger partial charge in [-0.15, -0.1) is 0 Å². The summed E-state index contributed by atoms with van der Waals surface area (Å²) >= 11 is 0. The molecule has 2 aliphatic rings. The first-order chi connectivity index (χ1) is 10.8. The maximum atomic E-state index is 6.03. The van der Waals surface area contributed by atoms with Gasteiger partial charge in [-0.05, 0) is 38.8 Å². The van der Waals surface area contributed by atoms with Gasteiger partial charge < -0.3 is 19.9 Å². The lowest BCUT2D eigenvalue weighted by molar-refractivity contribution is -0.00167. The van der Waals surface area contributed by atoms with Crippen molar-refractivity contribution in [1.82, 2.24) is 19.9 Å². The van der Waals surface area contributed by atoms with E-state index in [1.807, 2.05) is 0 Å². The largest absolute Gasteiger partial charge is 0.377 e. The normalized spacial score (nSPS) is 21.7. The molecule has 7 nitrogen and oxygen atoms in total. The number of ether oxygens (including phenoxy) is 1. The topological polar surface area (TPSA) is 80.6 Å². The first-order valence-corrected chi connectivity index (χ1v) is 8.41. The van der Waals surface area contributed by atoms with Crippen molar-refractivity contribution in [2.24, 2.45) is 5.73 Å². The highest BCUT2D eigenvalue weighted by Crippen LogP contribution is 2.16. The summed E-state index contributed by atoms with van der Waals surface area (Å²) < 4.78 is 11.1. The number of nitrogens with two attached hydrogens (primary N) is 1. The Hall–Kier alpha value is -1.02. The molecule has 0 aromatic carbocycles. The van der Waals surface area contributed by atoms with E-state index in [1.54, 1.807) is 0 Å². The summed E-state index contributed by atoms with van der Waals surface area (Å²) in [6.45, 7) is 7.56. The first-order valence-electron chi connectivity index (χ1n) is 8.41. The van der Waals surface area contributed by atoms with Crippen molar-refractivity contribution in [1.29, 1.82) is 0 Å². The SMILES string of the molecule is NCc1nc(CN2CCC(OCCN3CCCC3)CC2)no1. The minimum Gasteiger partial charge on any atom is -0.377 e. The molecule has 2 fully saturated rings. The van der Waals surface area contributed by atoms with Gasteiger partial charge >= 0.3 is 0 Å². The smallest absolute Gasteiger partial charge is 0.240 e. The van der Waals surface area contributed by atoms with Crippen molar-refractivity contribution in [2.45, 2.75) is 44.9 Å². The number of aromatic nitrogens is 2. The second kappa shape index (κ2) is 8.01. The molecule has 3 rings (SSSR count). The van der Waals surface area contributed by atoms with E-state index in [-0.39, 0.29) is 0 Å². The van der Waals surface area contributed by atoms with Gasteiger partial charge in [0.1, 0.15) is 0 Å². The van der Waals surface area contributed by atoms with Crippen molar-refractivity contribution in [3.05, 3.63) is 11.7 Å². The van der Waals surface area contributed by atoms with Crippen LogP contribution in [0.5, 0.6) is 0 Å². The third-order valence-electron chi connectivity index (χ3n) is 4.54. The molecule has 124 valence electrons. The molecule has 0 bridgehead atoms. The molecule has 7 heteroatoms. The average Bonchev–Trinajstić information content (AvgIpc) is 3.20. The molecule has 0 aliphatic carbocycles. The molecule has 2 saturated heterocycles. The Morgan fingerprint density at radius 1 is 1.14 bits per heavy atom. The number of piperidine rings is 1. The van der Waals surface area contributed by atoms with Crippen LogP contribution in [0, 0.1) is 0 Å². The maximum Gasteiger partial charge on any atom is 0.240 e. The minimum atomic E-state index is 0.305. The van der Waals surface area contributed by atoms with Gasteiger partial charge in [0, 0.05) is 19.6 Å². The summed E-state index contributed by atoms with van der Waals surface area (Å²) in [6.07, 6.45) is 5.27. The zero-order valence-electron chi connectivity index (χ0n) is 13.2. The molecule has 0 spiro atoms. The van der Waals surface area contributed by atoms with Crippen LogP contribution in [0.4, 0.5) is 0 Å². The van der Waals surface area contributed by atoms with Gasteiger partial charge in [-0.3, -0.25) is 4.90 Å². The molecular formula is C15H27N5O2. The van der Waals surface area contributed by atoms with Crippen LogP contribution >= 0.6 is 0 Å². The highest BCUT2D eigenvalue weighted by atomic mass is 16.5. The van der Waals surface area contributed by atoms with Crippen LogP contribution in [-0.2, 0) is 17.8 Å². The Morgan fingerprint density at radius 3 is 2.59 bits per heavy atom. The monoisotopic (exact) mass is 309 g/mol. The van der Waals surface area contributed by atoms with Crippen LogP contribution in [0.2, 0.25) is 0 Å². The first kappa shape index (κ1) is 15.9. The molecule has 1 aromatic heterocycles. The lowest BCUT2D eigenvalue weighted by Crippen LogP contribution is -2.37. The molecule has 0 radical (unpaired) electrons. The second-order valence-electron chi connectivity index (χ2n) is 6.20. The quantitative estimate of drug-likeness (QED) is 0.790. The second-order valence-corrected chi connectivity index (χ2v) is 6.20. The van der Waals surface area contributed by atoms with Crippen LogP contribution in [0.1, 0.15) is 37.4 Å². The highest BCUT2D eigenvalue weighted by Gasteiger charge is 2.21. The third kappa shape index (κ3) is 4.49. The van der Waals surface area contributed by atoms with Crippen LogP contribution < -0.4 is 5.73 Å². The Morgan fingerprint density at radius 2 is 1.91 bits per heavy atom. The fourth-order valence-electron chi connectivity index (χ4n) is 3.23. The van der Waals surface area contributed by atoms with E-state index < -0.39 is 0 Å². The summed E-state index contributed by atoms with van der Waals surface area (Å²) in [4.78, 5) is 9.11. The van der Waals surface area contributed by atoms with E-state index in [2.05, 4.69) is 19.9 Å². The van der Waals surface area contributed by atoms with Gasteiger partial charge in [0.15, 0.2) is 5.82 Å². The Kier molecular flexibility index (Phi) is 5.77. The number of hydrogen-bond acceptors (Lipinski definition) is 7. The van der Waals surface area contributed by atoms with Crippen molar-refractivity contribution in [3.8, 4) is 0 Å². The Balaban J connectivity index is 1.31. The van der Waals surface area contributed by atoms with Gasteiger partial charge in [-0.2, -0.15) is 4.98 Å². The molecule has 1 aromatic rings. The average molecular weight is 309 g/mol. The zero-order valence-corrected chi connectivity index (χ0v) is 13.2. The lowest BCUT2D eigenvalue weighted by atomic mass is 10.1. The van der Waals surface area contributed by atoms with Gasteiger partial charge in [0.05, 0.1) is 25.8 Å². The molecule has 0 atom stereocenters. The lowest BCUT2D eigenvalue weighted by Gasteiger charge is -2.31. The summed E-state index contributed by atoms with van der Waals surface area (Å²) in [5.74, 6) is 1.24. The standard InChI is InChI=1S/C15H27N5O2/c16-11-15-17-14(18-22-15)12-20-7-3-13(4-8-20)21-10-9-19-5-1-2-6-19/h13H,1-12,16H2. The van der Waals surface area contributed by atoms with Crippen LogP contribution in [0.15, 0.2) is 4.52 Å². The van der Waals surface area contributed by atoms with Crippen molar-refractivity contribution < 1.29 is 9.26 Å². The number of nitrogens with zero attached hydrogens (tertiary/aromatic N) is 4. The van der Waals surface area contributed by atoms with E-state index in [4.69, 9.17) is 15.0 Å². The molecule has 0 saturated carbocycles. The zero-order chi connectivity index (χ0) is 15.2. The summed E-state index contributed by atoms with van der Waals surface area (Å²) in [5.41, 5.74) is 5.48. The van der Waals surface area contributed by atoms with Crippen LogP contribution in [0.25, 0.3) is 0 Å². The summed E-state index contributed by atoms with van der Waals surface area (Å²) in [6, 6.07) is 0. The van der Waals surface area contributed by atoms with E-state index >= 15 is 0 Å². The van der Waals surface area contributed by atoms with E-state index in [0.29, 0.717) is 18.5 Å². The van der Waals surface area contributed by atoms with Gasteiger partial charge in [0.25, 0.3) is 0 Å². The predicted molar refractivity (Wildman–Crippen MR) is 82.1 cm³/mol. The van der Waals surface area contributed by atoms with Crippen molar-refractivity contribution in [3.63, 3.8) is 0 Å². The van der Waals surface area contributed by atoms with Crippen molar-refractivity contribution >= 4 is 0 Å². The van der Waals surface area contributed by atoms with Gasteiger partial charge in [-0.1, -0.05) is 5.16 Å². The number of likely N-dealkylation sites (tertiary alicyclic amines) is 2. The Labute approximate surface area is 131 Å². The van der Waals surface area contributed by atoms with E-state index in [0.717, 1.165) is 51.5 Å². The summed E-state index contributed by atoms with van der Waals surface area (Å²) in [7, 11) is 0. The fourth-order valence-corrected chi connectivity index (χ4v) is 3.23. The molecule has 0 unspecified atom stereocenters. The maximum absolute atomic E-state index is 6.03. The molecule has 2 aliphatic heterocycles. The van der Waals surface area contributed by atoms with E-state index in [1.165, 1.54) is 25.9 Å². The molecular weight excluding hydrogens is 282 g/mol. The minimum absolute atomic E-state index is 0.305. The third-order valence-corrected chi connectivity index (χ3v) is 4.54. The van der Waals surface area contributed by atoms with Crippen LogP contribution in [-0.4, -0.2) is 65.4 Å². The number of rotatable bonds is 7. The fraction of sp³-hybridized carbons (Fsp3) is 0.867.